The van der Waals surface area contributed by atoms with Crippen LogP contribution in [0.5, 0.6) is 0 Å². The Morgan fingerprint density at radius 1 is 1.36 bits per heavy atom. The minimum Gasteiger partial charge on any atom is -0.460 e. The maximum atomic E-state index is 12.1. The molecule has 0 aromatic heterocycles. The van der Waals surface area contributed by atoms with E-state index in [2.05, 4.69) is 10.6 Å². The van der Waals surface area contributed by atoms with Gasteiger partial charge in [-0.25, -0.2) is 9.59 Å². The number of rotatable bonds is 6. The van der Waals surface area contributed by atoms with Crippen LogP contribution in [0.1, 0.15) is 54.4 Å². The van der Waals surface area contributed by atoms with E-state index in [1.54, 1.807) is 47.6 Å². The lowest BCUT2D eigenvalue weighted by Gasteiger charge is -2.23. The van der Waals surface area contributed by atoms with Crippen molar-refractivity contribution in [2.24, 2.45) is 5.92 Å². The Hall–Kier alpha value is -2.05. The summed E-state index contributed by atoms with van der Waals surface area (Å²) >= 11 is 0. The van der Waals surface area contributed by atoms with Gasteiger partial charge in [0.2, 0.25) is 5.91 Å². The van der Waals surface area contributed by atoms with E-state index >= 15 is 0 Å². The standard InChI is InChI=1S/C18H30N2O5/c1-11(2)24-16(22)12(3)9-14(10-13-7-8-19-15(13)21)20-17(23)25-18(4,5)6/h9,11,13-14H,7-8,10H2,1-6H3,(H,19,21)(H,20,23)/t13-,14+/m0/s1. The van der Waals surface area contributed by atoms with Gasteiger partial charge in [-0.05, 0) is 54.4 Å². The lowest BCUT2D eigenvalue weighted by Crippen LogP contribution is -2.40. The zero-order chi connectivity index (χ0) is 19.2. The topological polar surface area (TPSA) is 93.7 Å². The molecule has 25 heavy (non-hydrogen) atoms. The second kappa shape index (κ2) is 8.87. The maximum absolute atomic E-state index is 12.1. The Morgan fingerprint density at radius 2 is 2.00 bits per heavy atom. The lowest BCUT2D eigenvalue weighted by atomic mass is 9.97. The number of ether oxygens (including phenoxy) is 2. The van der Waals surface area contributed by atoms with Crippen molar-refractivity contribution in [1.82, 2.24) is 10.6 Å². The van der Waals surface area contributed by atoms with Crippen molar-refractivity contribution in [2.75, 3.05) is 6.54 Å². The van der Waals surface area contributed by atoms with Gasteiger partial charge in [-0.3, -0.25) is 4.79 Å². The van der Waals surface area contributed by atoms with Crippen LogP contribution < -0.4 is 10.6 Å². The minimum atomic E-state index is -0.630. The highest BCUT2D eigenvalue weighted by atomic mass is 16.6. The van der Waals surface area contributed by atoms with Crippen molar-refractivity contribution in [3.63, 3.8) is 0 Å². The van der Waals surface area contributed by atoms with Crippen LogP contribution in [0.2, 0.25) is 0 Å². The number of hydrogen-bond acceptors (Lipinski definition) is 5. The number of amides is 2. The molecule has 1 saturated heterocycles. The molecule has 2 amide bonds. The molecule has 0 aromatic rings. The highest BCUT2D eigenvalue weighted by Gasteiger charge is 2.28. The molecule has 1 aliphatic heterocycles. The Kier molecular flexibility index (Phi) is 7.45. The van der Waals surface area contributed by atoms with Gasteiger partial charge in [0, 0.05) is 18.0 Å². The summed E-state index contributed by atoms with van der Waals surface area (Å²) in [5.41, 5.74) is -0.248. The van der Waals surface area contributed by atoms with Crippen LogP contribution in [-0.2, 0) is 19.1 Å². The fourth-order valence-corrected chi connectivity index (χ4v) is 2.48. The summed E-state index contributed by atoms with van der Waals surface area (Å²) < 4.78 is 10.4. The molecule has 0 radical (unpaired) electrons. The Bertz CT molecular complexity index is 534. The molecule has 142 valence electrons. The van der Waals surface area contributed by atoms with Crippen molar-refractivity contribution in [2.45, 2.75) is 72.1 Å². The van der Waals surface area contributed by atoms with Gasteiger partial charge >= 0.3 is 12.1 Å². The van der Waals surface area contributed by atoms with Crippen LogP contribution in [0, 0.1) is 5.92 Å². The average Bonchev–Trinajstić information content (AvgIpc) is 2.80. The zero-order valence-corrected chi connectivity index (χ0v) is 16.0. The summed E-state index contributed by atoms with van der Waals surface area (Å²) in [7, 11) is 0. The minimum absolute atomic E-state index is 0.0354. The van der Waals surface area contributed by atoms with Crippen molar-refractivity contribution in [3.05, 3.63) is 11.6 Å². The molecule has 1 heterocycles. The van der Waals surface area contributed by atoms with E-state index in [-0.39, 0.29) is 17.9 Å². The van der Waals surface area contributed by atoms with Gasteiger partial charge in [0.25, 0.3) is 0 Å². The Labute approximate surface area is 149 Å². The van der Waals surface area contributed by atoms with Crippen LogP contribution in [0.4, 0.5) is 4.79 Å². The predicted octanol–water partition coefficient (Wildman–Crippen LogP) is 2.30. The highest BCUT2D eigenvalue weighted by molar-refractivity contribution is 5.88. The molecule has 1 fully saturated rings. The molecular formula is C18H30N2O5. The van der Waals surface area contributed by atoms with E-state index in [0.29, 0.717) is 25.0 Å². The van der Waals surface area contributed by atoms with Crippen LogP contribution in [0.3, 0.4) is 0 Å². The molecule has 2 atom stereocenters. The number of hydrogen-bond donors (Lipinski definition) is 2. The summed E-state index contributed by atoms with van der Waals surface area (Å²) in [6.07, 6.45) is 1.91. The SMILES string of the molecule is CC(=C[C@H](C[C@@H]1CCNC1=O)NC(=O)OC(C)(C)C)C(=O)OC(C)C. The molecule has 0 aliphatic carbocycles. The number of carbonyl (C=O) groups is 3. The maximum Gasteiger partial charge on any atom is 0.408 e. The van der Waals surface area contributed by atoms with Crippen LogP contribution in [-0.4, -0.2) is 42.3 Å². The third-order valence-electron chi connectivity index (χ3n) is 3.52. The molecule has 0 bridgehead atoms. The van der Waals surface area contributed by atoms with E-state index in [4.69, 9.17) is 9.47 Å². The summed E-state index contributed by atoms with van der Waals surface area (Å²) in [6.45, 7) is 11.1. The monoisotopic (exact) mass is 354 g/mol. The summed E-state index contributed by atoms with van der Waals surface area (Å²) in [5, 5.41) is 5.51. The average molecular weight is 354 g/mol. The van der Waals surface area contributed by atoms with Crippen LogP contribution >= 0.6 is 0 Å². The van der Waals surface area contributed by atoms with Crippen molar-refractivity contribution in [1.29, 1.82) is 0 Å². The summed E-state index contributed by atoms with van der Waals surface area (Å²) in [5.74, 6) is -0.682. The smallest absolute Gasteiger partial charge is 0.408 e. The first-order chi connectivity index (χ1) is 11.5. The van der Waals surface area contributed by atoms with Gasteiger partial charge in [0.15, 0.2) is 0 Å². The number of carbonyl (C=O) groups excluding carboxylic acids is 3. The van der Waals surface area contributed by atoms with Gasteiger partial charge in [-0.15, -0.1) is 0 Å². The molecule has 0 aromatic carbocycles. The largest absolute Gasteiger partial charge is 0.460 e. The molecule has 1 rings (SSSR count). The van der Waals surface area contributed by atoms with Gasteiger partial charge < -0.3 is 20.1 Å². The summed E-state index contributed by atoms with van der Waals surface area (Å²) in [6, 6.07) is -0.497. The van der Waals surface area contributed by atoms with Crippen molar-refractivity contribution >= 4 is 18.0 Å². The molecule has 0 spiro atoms. The molecule has 0 saturated carbocycles. The first-order valence-electron chi connectivity index (χ1n) is 8.64. The van der Waals surface area contributed by atoms with E-state index in [1.165, 1.54) is 0 Å². The van der Waals surface area contributed by atoms with E-state index in [0.717, 1.165) is 0 Å². The second-order valence-electron chi connectivity index (χ2n) is 7.57. The molecule has 0 unspecified atom stereocenters. The fraction of sp³-hybridized carbons (Fsp3) is 0.722. The van der Waals surface area contributed by atoms with Crippen LogP contribution in [0.15, 0.2) is 11.6 Å². The lowest BCUT2D eigenvalue weighted by molar-refractivity contribution is -0.142. The van der Waals surface area contributed by atoms with Gasteiger partial charge in [-0.1, -0.05) is 6.08 Å². The molecule has 1 aliphatic rings. The number of esters is 1. The first-order valence-corrected chi connectivity index (χ1v) is 8.64. The molecule has 7 nitrogen and oxygen atoms in total. The van der Waals surface area contributed by atoms with Gasteiger partial charge in [0.1, 0.15) is 5.60 Å². The molecule has 2 N–H and O–H groups in total. The zero-order valence-electron chi connectivity index (χ0n) is 16.0. The second-order valence-corrected chi connectivity index (χ2v) is 7.57. The number of nitrogens with one attached hydrogen (secondary N) is 2. The highest BCUT2D eigenvalue weighted by Crippen LogP contribution is 2.18. The predicted molar refractivity (Wildman–Crippen MR) is 93.9 cm³/mol. The van der Waals surface area contributed by atoms with Crippen molar-refractivity contribution < 1.29 is 23.9 Å². The van der Waals surface area contributed by atoms with E-state index < -0.39 is 23.7 Å². The molecular weight excluding hydrogens is 324 g/mol. The number of alkyl carbamates (subject to hydrolysis) is 1. The van der Waals surface area contributed by atoms with Crippen molar-refractivity contribution in [3.8, 4) is 0 Å². The van der Waals surface area contributed by atoms with Gasteiger partial charge in [-0.2, -0.15) is 0 Å². The fourth-order valence-electron chi connectivity index (χ4n) is 2.48. The van der Waals surface area contributed by atoms with E-state index in [9.17, 15) is 14.4 Å². The van der Waals surface area contributed by atoms with Crippen LogP contribution in [0.25, 0.3) is 0 Å². The van der Waals surface area contributed by atoms with E-state index in [1.807, 2.05) is 0 Å². The van der Waals surface area contributed by atoms with Gasteiger partial charge in [0.05, 0.1) is 12.1 Å². The Morgan fingerprint density at radius 3 is 2.48 bits per heavy atom. The first kappa shape index (κ1) is 21.0. The Balaban J connectivity index is 2.84. The third-order valence-corrected chi connectivity index (χ3v) is 3.52. The molecule has 7 heteroatoms. The quantitative estimate of drug-likeness (QED) is 0.564. The normalized spacial score (nSPS) is 19.4. The summed E-state index contributed by atoms with van der Waals surface area (Å²) in [4.78, 5) is 35.9. The third kappa shape index (κ3) is 8.05.